The lowest BCUT2D eigenvalue weighted by atomic mass is 9.93. The molecular formula is C16H21BrO2Si. The molecule has 4 heteroatoms. The van der Waals surface area contributed by atoms with E-state index in [9.17, 15) is 4.79 Å². The highest BCUT2D eigenvalue weighted by Gasteiger charge is 2.64. The molecule has 1 saturated carbocycles. The number of rotatable bonds is 3. The van der Waals surface area contributed by atoms with E-state index >= 15 is 0 Å². The van der Waals surface area contributed by atoms with Crippen LogP contribution in [0.3, 0.4) is 0 Å². The van der Waals surface area contributed by atoms with Crippen molar-refractivity contribution in [3.05, 3.63) is 45.6 Å². The Bertz CT molecular complexity index is 557. The number of halogens is 1. The van der Waals surface area contributed by atoms with E-state index in [1.54, 1.807) is 0 Å². The lowest BCUT2D eigenvalue weighted by Gasteiger charge is -2.15. The standard InChI is InChI=1S/C16H21BrO2Si/c1-11-14(10-20(3,4)5)16(11,15(18)19-2)12-6-8-13(17)9-7-12/h6-11H,1-5H3/b14-10+/t11-,16-/m0/s1. The number of ether oxygens (including phenoxy) is 1. The van der Waals surface area contributed by atoms with Gasteiger partial charge < -0.3 is 4.74 Å². The van der Waals surface area contributed by atoms with Gasteiger partial charge in [-0.1, -0.05) is 65.9 Å². The van der Waals surface area contributed by atoms with Gasteiger partial charge in [-0.05, 0) is 17.7 Å². The van der Waals surface area contributed by atoms with E-state index in [-0.39, 0.29) is 11.9 Å². The predicted octanol–water partition coefficient (Wildman–Crippen LogP) is 4.31. The Kier molecular flexibility index (Phi) is 4.00. The van der Waals surface area contributed by atoms with Crippen LogP contribution in [0.2, 0.25) is 19.6 Å². The van der Waals surface area contributed by atoms with Crippen LogP contribution >= 0.6 is 15.9 Å². The summed E-state index contributed by atoms with van der Waals surface area (Å²) in [6, 6.07) is 8.00. The first-order valence-electron chi connectivity index (χ1n) is 6.81. The van der Waals surface area contributed by atoms with Gasteiger partial charge in [-0.25, -0.2) is 0 Å². The molecule has 0 bridgehead atoms. The normalized spacial score (nSPS) is 27.5. The predicted molar refractivity (Wildman–Crippen MR) is 88.4 cm³/mol. The summed E-state index contributed by atoms with van der Waals surface area (Å²) in [6.07, 6.45) is 0. The molecule has 0 N–H and O–H groups in total. The maximum Gasteiger partial charge on any atom is 0.321 e. The maximum absolute atomic E-state index is 12.4. The van der Waals surface area contributed by atoms with Gasteiger partial charge in [0, 0.05) is 10.4 Å². The fourth-order valence-corrected chi connectivity index (χ4v) is 4.59. The minimum absolute atomic E-state index is 0.142. The van der Waals surface area contributed by atoms with Crippen LogP contribution in [0, 0.1) is 5.92 Å². The van der Waals surface area contributed by atoms with Crippen molar-refractivity contribution < 1.29 is 9.53 Å². The number of hydrogen-bond donors (Lipinski definition) is 0. The van der Waals surface area contributed by atoms with Crippen molar-refractivity contribution in [3.8, 4) is 0 Å². The van der Waals surface area contributed by atoms with Gasteiger partial charge in [0.05, 0.1) is 15.2 Å². The zero-order chi connectivity index (χ0) is 15.1. The average molecular weight is 353 g/mol. The van der Waals surface area contributed by atoms with Gasteiger partial charge in [-0.3, -0.25) is 4.79 Å². The Labute approximate surface area is 130 Å². The van der Waals surface area contributed by atoms with Gasteiger partial charge >= 0.3 is 5.97 Å². The van der Waals surface area contributed by atoms with Crippen molar-refractivity contribution in [2.24, 2.45) is 5.92 Å². The summed E-state index contributed by atoms with van der Waals surface area (Å²) in [5, 5.41) is 0. The summed E-state index contributed by atoms with van der Waals surface area (Å²) < 4.78 is 6.12. The molecule has 0 unspecified atom stereocenters. The lowest BCUT2D eigenvalue weighted by molar-refractivity contribution is -0.143. The number of carbonyl (C=O) groups is 1. The second-order valence-corrected chi connectivity index (χ2v) is 12.4. The Hall–Kier alpha value is -0.873. The Morgan fingerprint density at radius 3 is 2.30 bits per heavy atom. The summed E-state index contributed by atoms with van der Waals surface area (Å²) in [5.41, 5.74) is 4.04. The van der Waals surface area contributed by atoms with E-state index in [4.69, 9.17) is 4.74 Å². The van der Waals surface area contributed by atoms with Crippen molar-refractivity contribution >= 4 is 30.0 Å². The Morgan fingerprint density at radius 2 is 1.85 bits per heavy atom. The van der Waals surface area contributed by atoms with Gasteiger partial charge in [-0.15, -0.1) is 0 Å². The van der Waals surface area contributed by atoms with Crippen LogP contribution in [0.25, 0.3) is 0 Å². The molecule has 1 fully saturated rings. The topological polar surface area (TPSA) is 26.3 Å². The highest BCUT2D eigenvalue weighted by atomic mass is 79.9. The molecule has 2 nitrogen and oxygen atoms in total. The van der Waals surface area contributed by atoms with Crippen LogP contribution in [0.5, 0.6) is 0 Å². The van der Waals surface area contributed by atoms with Crippen LogP contribution in [0.4, 0.5) is 0 Å². The van der Waals surface area contributed by atoms with E-state index in [0.717, 1.165) is 10.0 Å². The van der Waals surface area contributed by atoms with Crippen molar-refractivity contribution in [1.82, 2.24) is 0 Å². The molecule has 0 heterocycles. The zero-order valence-electron chi connectivity index (χ0n) is 12.7. The smallest absolute Gasteiger partial charge is 0.321 e. The highest BCUT2D eigenvalue weighted by molar-refractivity contribution is 9.10. The third-order valence-electron chi connectivity index (χ3n) is 3.88. The van der Waals surface area contributed by atoms with Crippen LogP contribution < -0.4 is 0 Å². The molecule has 0 radical (unpaired) electrons. The average Bonchev–Trinajstić information content (AvgIpc) is 2.93. The molecule has 20 heavy (non-hydrogen) atoms. The second-order valence-electron chi connectivity index (χ2n) is 6.49. The molecule has 0 saturated heterocycles. The summed E-state index contributed by atoms with van der Waals surface area (Å²) in [6.45, 7) is 8.98. The highest BCUT2D eigenvalue weighted by Crippen LogP contribution is 2.60. The number of benzene rings is 1. The van der Waals surface area contributed by atoms with E-state index in [0.29, 0.717) is 0 Å². The van der Waals surface area contributed by atoms with Gasteiger partial charge in [0.25, 0.3) is 0 Å². The number of hydrogen-bond acceptors (Lipinski definition) is 2. The van der Waals surface area contributed by atoms with Crippen LogP contribution in [0.15, 0.2) is 40.0 Å². The van der Waals surface area contributed by atoms with Crippen LogP contribution in [-0.2, 0) is 14.9 Å². The number of methoxy groups -OCH3 is 1. The second kappa shape index (κ2) is 5.15. The molecular weight excluding hydrogens is 332 g/mol. The van der Waals surface area contributed by atoms with Gasteiger partial charge in [-0.2, -0.15) is 0 Å². The molecule has 108 valence electrons. The Balaban J connectivity index is 2.53. The summed E-state index contributed by atoms with van der Waals surface area (Å²) in [5.74, 6) is 0.0830. The maximum atomic E-state index is 12.4. The molecule has 1 aromatic carbocycles. The summed E-state index contributed by atoms with van der Waals surface area (Å²) >= 11 is 3.44. The third kappa shape index (κ3) is 2.51. The molecule has 1 aliphatic carbocycles. The van der Waals surface area contributed by atoms with Crippen LogP contribution in [0.1, 0.15) is 12.5 Å². The molecule has 0 spiro atoms. The first-order valence-corrected chi connectivity index (χ1v) is 11.2. The quantitative estimate of drug-likeness (QED) is 0.598. The van der Waals surface area contributed by atoms with E-state index < -0.39 is 13.5 Å². The molecule has 0 amide bonds. The van der Waals surface area contributed by atoms with Gasteiger partial charge in [0.15, 0.2) is 0 Å². The first-order chi connectivity index (χ1) is 9.23. The number of carbonyl (C=O) groups excluding carboxylic acids is 1. The van der Waals surface area contributed by atoms with Crippen LogP contribution in [-0.4, -0.2) is 21.2 Å². The SMILES string of the molecule is COC(=O)[C@@]1(c2ccc(Br)cc2)/C(=C/[Si](C)(C)C)[C@@H]1C. The fourth-order valence-electron chi connectivity index (χ4n) is 2.92. The monoisotopic (exact) mass is 352 g/mol. The molecule has 2 rings (SSSR count). The van der Waals surface area contributed by atoms with E-state index in [2.05, 4.69) is 48.2 Å². The van der Waals surface area contributed by atoms with Crippen molar-refractivity contribution in [2.45, 2.75) is 32.0 Å². The van der Waals surface area contributed by atoms with Crippen molar-refractivity contribution in [1.29, 1.82) is 0 Å². The fraction of sp³-hybridized carbons (Fsp3) is 0.438. The Morgan fingerprint density at radius 1 is 1.30 bits per heavy atom. The van der Waals surface area contributed by atoms with Gasteiger partial charge in [0.2, 0.25) is 0 Å². The zero-order valence-corrected chi connectivity index (χ0v) is 15.2. The molecule has 2 atom stereocenters. The van der Waals surface area contributed by atoms with Crippen molar-refractivity contribution in [2.75, 3.05) is 7.11 Å². The van der Waals surface area contributed by atoms with Gasteiger partial charge in [0.1, 0.15) is 5.41 Å². The molecule has 1 aromatic rings. The van der Waals surface area contributed by atoms with E-state index in [1.165, 1.54) is 12.7 Å². The van der Waals surface area contributed by atoms with Crippen molar-refractivity contribution in [3.63, 3.8) is 0 Å². The molecule has 0 aromatic heterocycles. The minimum Gasteiger partial charge on any atom is -0.468 e. The third-order valence-corrected chi connectivity index (χ3v) is 5.59. The lowest BCUT2D eigenvalue weighted by Crippen LogP contribution is -2.25. The van der Waals surface area contributed by atoms with E-state index in [1.807, 2.05) is 24.3 Å². The largest absolute Gasteiger partial charge is 0.468 e. The molecule has 0 aliphatic heterocycles. The summed E-state index contributed by atoms with van der Waals surface area (Å²) in [7, 11) is 0.102. The first kappa shape index (κ1) is 15.5. The number of esters is 1. The minimum atomic E-state index is -1.37. The summed E-state index contributed by atoms with van der Waals surface area (Å²) in [4.78, 5) is 12.4. The molecule has 1 aliphatic rings.